The van der Waals surface area contributed by atoms with Gasteiger partial charge in [-0.1, -0.05) is 6.92 Å². The van der Waals surface area contributed by atoms with Gasteiger partial charge in [0.2, 0.25) is 17.7 Å². The minimum absolute atomic E-state index is 0.0179. The van der Waals surface area contributed by atoms with Crippen molar-refractivity contribution in [3.05, 3.63) is 24.3 Å². The Kier molecular flexibility index (Phi) is 5.06. The first-order chi connectivity index (χ1) is 11.9. The fraction of sp³-hybridized carbons (Fsp3) is 0.526. The quantitative estimate of drug-likeness (QED) is 0.915. The molecular weight excluding hydrogens is 318 g/mol. The third-order valence-electron chi connectivity index (χ3n) is 4.94. The first kappa shape index (κ1) is 17.5. The van der Waals surface area contributed by atoms with E-state index in [-0.39, 0.29) is 30.1 Å². The van der Waals surface area contributed by atoms with Crippen LogP contribution in [-0.2, 0) is 14.4 Å². The van der Waals surface area contributed by atoms with Crippen molar-refractivity contribution in [1.29, 1.82) is 0 Å². The molecule has 0 radical (unpaired) electrons. The van der Waals surface area contributed by atoms with Crippen LogP contribution in [-0.4, -0.2) is 42.3 Å². The van der Waals surface area contributed by atoms with Crippen molar-refractivity contribution in [3.63, 3.8) is 0 Å². The van der Waals surface area contributed by atoms with Gasteiger partial charge in [0, 0.05) is 44.4 Å². The lowest BCUT2D eigenvalue weighted by Gasteiger charge is -2.32. The van der Waals surface area contributed by atoms with Gasteiger partial charge in [0.05, 0.1) is 5.92 Å². The van der Waals surface area contributed by atoms with E-state index in [2.05, 4.69) is 12.2 Å². The Hall–Kier alpha value is -2.37. The largest absolute Gasteiger partial charge is 0.342 e. The molecule has 0 bridgehead atoms. The standard InChI is InChI=1S/C19H25N3O3/c1-13-4-3-9-21(11-13)19(25)15-10-18(24)22(12-15)17-7-5-16(6-8-17)20-14(2)23/h5-8,13,15H,3-4,9-12H2,1-2H3,(H,20,23)/t13-,15-/m1/s1. The summed E-state index contributed by atoms with van der Waals surface area (Å²) in [5, 5.41) is 2.70. The van der Waals surface area contributed by atoms with Crippen molar-refractivity contribution < 1.29 is 14.4 Å². The average Bonchev–Trinajstić information content (AvgIpc) is 2.96. The van der Waals surface area contributed by atoms with Gasteiger partial charge in [-0.25, -0.2) is 0 Å². The number of nitrogens with one attached hydrogen (secondary N) is 1. The summed E-state index contributed by atoms with van der Waals surface area (Å²) < 4.78 is 0. The number of amides is 3. The molecule has 6 heteroatoms. The van der Waals surface area contributed by atoms with E-state index in [1.807, 2.05) is 4.90 Å². The predicted molar refractivity (Wildman–Crippen MR) is 96.2 cm³/mol. The first-order valence-electron chi connectivity index (χ1n) is 8.91. The van der Waals surface area contributed by atoms with Crippen molar-refractivity contribution in [2.24, 2.45) is 11.8 Å². The number of nitrogens with zero attached hydrogens (tertiary/aromatic N) is 2. The number of rotatable bonds is 3. The van der Waals surface area contributed by atoms with Crippen LogP contribution in [0.5, 0.6) is 0 Å². The van der Waals surface area contributed by atoms with E-state index in [9.17, 15) is 14.4 Å². The van der Waals surface area contributed by atoms with Crippen molar-refractivity contribution in [2.75, 3.05) is 29.9 Å². The Morgan fingerprint density at radius 2 is 1.88 bits per heavy atom. The maximum absolute atomic E-state index is 12.7. The lowest BCUT2D eigenvalue weighted by molar-refractivity contribution is -0.137. The average molecular weight is 343 g/mol. The van der Waals surface area contributed by atoms with Crippen LogP contribution in [0.2, 0.25) is 0 Å². The minimum Gasteiger partial charge on any atom is -0.342 e. The second-order valence-corrected chi connectivity index (χ2v) is 7.17. The van der Waals surface area contributed by atoms with E-state index in [4.69, 9.17) is 0 Å². The van der Waals surface area contributed by atoms with Gasteiger partial charge >= 0.3 is 0 Å². The van der Waals surface area contributed by atoms with Gasteiger partial charge in [0.25, 0.3) is 0 Å². The summed E-state index contributed by atoms with van der Waals surface area (Å²) in [6.45, 7) is 5.66. The first-order valence-corrected chi connectivity index (χ1v) is 8.91. The number of hydrogen-bond donors (Lipinski definition) is 1. The third kappa shape index (κ3) is 4.00. The Balaban J connectivity index is 1.65. The molecule has 0 saturated carbocycles. The topological polar surface area (TPSA) is 69.7 Å². The van der Waals surface area contributed by atoms with Gasteiger partial charge in [-0.05, 0) is 43.0 Å². The number of hydrogen-bond acceptors (Lipinski definition) is 3. The minimum atomic E-state index is -0.257. The van der Waals surface area contributed by atoms with E-state index in [0.717, 1.165) is 25.2 Å². The molecule has 3 amide bonds. The second kappa shape index (κ2) is 7.25. The summed E-state index contributed by atoms with van der Waals surface area (Å²) in [6.07, 6.45) is 2.49. The molecule has 1 N–H and O–H groups in total. The molecule has 2 atom stereocenters. The number of piperidine rings is 1. The predicted octanol–water partition coefficient (Wildman–Crippen LogP) is 2.26. The lowest BCUT2D eigenvalue weighted by Crippen LogP contribution is -2.43. The van der Waals surface area contributed by atoms with E-state index in [1.165, 1.54) is 13.3 Å². The Bertz CT molecular complexity index is 671. The molecule has 2 fully saturated rings. The number of anilines is 2. The molecule has 6 nitrogen and oxygen atoms in total. The monoisotopic (exact) mass is 343 g/mol. The molecule has 1 aromatic carbocycles. The van der Waals surface area contributed by atoms with Gasteiger partial charge in [0.1, 0.15) is 0 Å². The lowest BCUT2D eigenvalue weighted by atomic mass is 9.98. The molecule has 3 rings (SSSR count). The van der Waals surface area contributed by atoms with Crippen LogP contribution in [0.3, 0.4) is 0 Å². The zero-order chi connectivity index (χ0) is 18.0. The van der Waals surface area contributed by atoms with Crippen LogP contribution >= 0.6 is 0 Å². The van der Waals surface area contributed by atoms with Gasteiger partial charge < -0.3 is 15.1 Å². The fourth-order valence-corrected chi connectivity index (χ4v) is 3.70. The van der Waals surface area contributed by atoms with Crippen molar-refractivity contribution in [1.82, 2.24) is 4.90 Å². The van der Waals surface area contributed by atoms with Crippen LogP contribution < -0.4 is 10.2 Å². The van der Waals surface area contributed by atoms with Crippen molar-refractivity contribution in [2.45, 2.75) is 33.1 Å². The molecule has 1 aromatic rings. The SMILES string of the molecule is CC(=O)Nc1ccc(N2C[C@H](C(=O)N3CCC[C@@H](C)C3)CC2=O)cc1. The molecule has 0 aromatic heterocycles. The molecular formula is C19H25N3O3. The third-order valence-corrected chi connectivity index (χ3v) is 4.94. The van der Waals surface area contributed by atoms with Crippen LogP contribution in [0.4, 0.5) is 11.4 Å². The van der Waals surface area contributed by atoms with Crippen molar-refractivity contribution >= 4 is 29.1 Å². The molecule has 0 spiro atoms. The highest BCUT2D eigenvalue weighted by molar-refractivity contribution is 6.00. The highest BCUT2D eigenvalue weighted by Crippen LogP contribution is 2.28. The van der Waals surface area contributed by atoms with Gasteiger partial charge in [-0.2, -0.15) is 0 Å². The Morgan fingerprint density at radius 3 is 2.52 bits per heavy atom. The Morgan fingerprint density at radius 1 is 1.16 bits per heavy atom. The van der Waals surface area contributed by atoms with E-state index in [0.29, 0.717) is 18.2 Å². The van der Waals surface area contributed by atoms with Crippen LogP contribution in [0.15, 0.2) is 24.3 Å². The molecule has 0 aliphatic carbocycles. The van der Waals surface area contributed by atoms with E-state index in [1.54, 1.807) is 29.2 Å². The maximum atomic E-state index is 12.7. The smallest absolute Gasteiger partial charge is 0.228 e. The molecule has 25 heavy (non-hydrogen) atoms. The summed E-state index contributed by atoms with van der Waals surface area (Å²) in [4.78, 5) is 39.8. The zero-order valence-electron chi connectivity index (χ0n) is 14.8. The number of carbonyl (C=O) groups is 3. The number of benzene rings is 1. The van der Waals surface area contributed by atoms with E-state index >= 15 is 0 Å². The summed E-state index contributed by atoms with van der Waals surface area (Å²) in [5.41, 5.74) is 1.46. The molecule has 2 saturated heterocycles. The normalized spacial score (nSPS) is 23.7. The maximum Gasteiger partial charge on any atom is 0.228 e. The molecule has 2 aliphatic heterocycles. The molecule has 2 aliphatic rings. The van der Waals surface area contributed by atoms with Crippen LogP contribution in [0.1, 0.15) is 33.1 Å². The van der Waals surface area contributed by atoms with Gasteiger partial charge in [-0.3, -0.25) is 14.4 Å². The van der Waals surface area contributed by atoms with Gasteiger partial charge in [0.15, 0.2) is 0 Å². The molecule has 2 heterocycles. The summed E-state index contributed by atoms with van der Waals surface area (Å²) in [7, 11) is 0. The fourth-order valence-electron chi connectivity index (χ4n) is 3.70. The highest BCUT2D eigenvalue weighted by Gasteiger charge is 2.37. The van der Waals surface area contributed by atoms with Crippen LogP contribution in [0, 0.1) is 11.8 Å². The van der Waals surface area contributed by atoms with Gasteiger partial charge in [-0.15, -0.1) is 0 Å². The number of carbonyl (C=O) groups excluding carboxylic acids is 3. The van der Waals surface area contributed by atoms with Crippen molar-refractivity contribution in [3.8, 4) is 0 Å². The second-order valence-electron chi connectivity index (χ2n) is 7.17. The molecule has 134 valence electrons. The summed E-state index contributed by atoms with van der Waals surface area (Å²) in [5.74, 6) is 0.236. The van der Waals surface area contributed by atoms with Crippen LogP contribution in [0.25, 0.3) is 0 Å². The van der Waals surface area contributed by atoms with E-state index < -0.39 is 0 Å². The summed E-state index contributed by atoms with van der Waals surface area (Å²) >= 11 is 0. The number of likely N-dealkylation sites (tertiary alicyclic amines) is 1. The molecule has 0 unspecified atom stereocenters. The zero-order valence-corrected chi connectivity index (χ0v) is 14.8. The Labute approximate surface area is 148 Å². The summed E-state index contributed by atoms with van der Waals surface area (Å²) in [6, 6.07) is 7.15. The highest BCUT2D eigenvalue weighted by atomic mass is 16.2.